The van der Waals surface area contributed by atoms with Gasteiger partial charge in [-0.15, -0.1) is 10.2 Å². The number of amides is 1. The number of ether oxygens (including phenoxy) is 2. The van der Waals surface area contributed by atoms with Crippen LogP contribution < -0.4 is 14.8 Å². The van der Waals surface area contributed by atoms with E-state index >= 15 is 0 Å². The predicted molar refractivity (Wildman–Crippen MR) is 100 cm³/mol. The number of hydrogen-bond acceptors (Lipinski definition) is 8. The van der Waals surface area contributed by atoms with Gasteiger partial charge in [0.2, 0.25) is 12.0 Å². The van der Waals surface area contributed by atoms with E-state index in [1.54, 1.807) is 30.3 Å². The van der Waals surface area contributed by atoms with Crippen molar-refractivity contribution in [3.8, 4) is 17.6 Å². The molecule has 1 atom stereocenters. The summed E-state index contributed by atoms with van der Waals surface area (Å²) in [5, 5.41) is 19.9. The standard InChI is InChI=1S/C19H14N4O4S/c20-9-12-5-1-2-6-13(12)21-17(24)11-28-19-23-22-18(27-19)16-10-25-14-7-3-4-8-15(14)26-16/h1-8,16H,10-11H2,(H,21,24)/t16-/m0/s1. The Morgan fingerprint density at radius 3 is 2.82 bits per heavy atom. The van der Waals surface area contributed by atoms with Crippen molar-refractivity contribution in [2.45, 2.75) is 11.3 Å². The molecule has 0 bridgehead atoms. The monoisotopic (exact) mass is 394 g/mol. The van der Waals surface area contributed by atoms with Crippen LogP contribution in [0.25, 0.3) is 0 Å². The van der Waals surface area contributed by atoms with Crippen LogP contribution in [0.4, 0.5) is 5.69 Å². The Bertz CT molecular complexity index is 1050. The first-order valence-electron chi connectivity index (χ1n) is 8.36. The zero-order valence-electron chi connectivity index (χ0n) is 14.5. The highest BCUT2D eigenvalue weighted by atomic mass is 32.2. The minimum Gasteiger partial charge on any atom is -0.485 e. The molecule has 28 heavy (non-hydrogen) atoms. The third-order valence-corrected chi connectivity index (χ3v) is 4.67. The molecule has 8 nitrogen and oxygen atoms in total. The third-order valence-electron chi connectivity index (χ3n) is 3.85. The predicted octanol–water partition coefficient (Wildman–Crippen LogP) is 3.18. The summed E-state index contributed by atoms with van der Waals surface area (Å²) >= 11 is 1.10. The number of nitrogens with zero attached hydrogens (tertiary/aromatic N) is 3. The molecule has 3 aromatic rings. The summed E-state index contributed by atoms with van der Waals surface area (Å²) in [7, 11) is 0. The van der Waals surface area contributed by atoms with E-state index < -0.39 is 6.10 Å². The summed E-state index contributed by atoms with van der Waals surface area (Å²) in [6.45, 7) is 0.259. The zero-order chi connectivity index (χ0) is 19.3. The van der Waals surface area contributed by atoms with Crippen molar-refractivity contribution >= 4 is 23.4 Å². The average Bonchev–Trinajstić information content (AvgIpc) is 3.21. The van der Waals surface area contributed by atoms with Gasteiger partial charge < -0.3 is 19.2 Å². The molecule has 0 spiro atoms. The highest BCUT2D eigenvalue weighted by Gasteiger charge is 2.27. The van der Waals surface area contributed by atoms with Crippen molar-refractivity contribution in [3.63, 3.8) is 0 Å². The van der Waals surface area contributed by atoms with Gasteiger partial charge >= 0.3 is 0 Å². The molecule has 1 amide bonds. The maximum absolute atomic E-state index is 12.1. The molecule has 0 fully saturated rings. The number of carbonyl (C=O) groups excluding carboxylic acids is 1. The lowest BCUT2D eigenvalue weighted by molar-refractivity contribution is -0.113. The van der Waals surface area contributed by atoms with E-state index in [1.165, 1.54) is 0 Å². The lowest BCUT2D eigenvalue weighted by Gasteiger charge is -2.23. The third kappa shape index (κ3) is 3.92. The van der Waals surface area contributed by atoms with E-state index in [1.807, 2.05) is 24.3 Å². The first kappa shape index (κ1) is 17.9. The Morgan fingerprint density at radius 2 is 1.96 bits per heavy atom. The summed E-state index contributed by atoms with van der Waals surface area (Å²) in [6.07, 6.45) is -0.506. The number of aromatic nitrogens is 2. The molecule has 2 heterocycles. The number of rotatable bonds is 5. The van der Waals surface area contributed by atoms with Crippen molar-refractivity contribution in [3.05, 3.63) is 60.0 Å². The number of anilines is 1. The Kier molecular flexibility index (Phi) is 5.12. The summed E-state index contributed by atoms with van der Waals surface area (Å²) in [4.78, 5) is 12.1. The van der Waals surface area contributed by atoms with Crippen LogP contribution >= 0.6 is 11.8 Å². The highest BCUT2D eigenvalue weighted by Crippen LogP contribution is 2.35. The Balaban J connectivity index is 1.34. The van der Waals surface area contributed by atoms with Crippen LogP contribution in [0, 0.1) is 11.3 Å². The maximum atomic E-state index is 12.1. The zero-order valence-corrected chi connectivity index (χ0v) is 15.3. The number of carbonyl (C=O) groups is 1. The van der Waals surface area contributed by atoms with Crippen LogP contribution in [-0.4, -0.2) is 28.5 Å². The fraction of sp³-hybridized carbons (Fsp3) is 0.158. The molecule has 1 N–H and O–H groups in total. The number of thioether (sulfide) groups is 1. The summed E-state index contributed by atoms with van der Waals surface area (Å²) in [5.41, 5.74) is 0.865. The van der Waals surface area contributed by atoms with E-state index in [0.717, 1.165) is 11.8 Å². The molecule has 1 aliphatic rings. The van der Waals surface area contributed by atoms with Crippen LogP contribution in [-0.2, 0) is 4.79 Å². The van der Waals surface area contributed by atoms with Gasteiger partial charge in [0.25, 0.3) is 11.1 Å². The number of para-hydroxylation sites is 3. The van der Waals surface area contributed by atoms with Crippen molar-refractivity contribution in [1.82, 2.24) is 10.2 Å². The lowest BCUT2D eigenvalue weighted by atomic mass is 10.2. The van der Waals surface area contributed by atoms with E-state index in [4.69, 9.17) is 19.2 Å². The fourth-order valence-electron chi connectivity index (χ4n) is 2.55. The summed E-state index contributed by atoms with van der Waals surface area (Å²) in [5.74, 6) is 1.35. The van der Waals surface area contributed by atoms with Crippen LogP contribution in [0.3, 0.4) is 0 Å². The fourth-order valence-corrected chi connectivity index (χ4v) is 3.12. The largest absolute Gasteiger partial charge is 0.485 e. The van der Waals surface area contributed by atoms with Gasteiger partial charge in [0, 0.05) is 0 Å². The van der Waals surface area contributed by atoms with E-state index in [9.17, 15) is 4.79 Å². The first-order chi connectivity index (χ1) is 13.7. The van der Waals surface area contributed by atoms with Gasteiger partial charge in [0.15, 0.2) is 11.5 Å². The molecule has 2 aromatic carbocycles. The second-order valence-electron chi connectivity index (χ2n) is 5.76. The van der Waals surface area contributed by atoms with Crippen molar-refractivity contribution in [2.24, 2.45) is 0 Å². The smallest absolute Gasteiger partial charge is 0.277 e. The topological polar surface area (TPSA) is 110 Å². The number of fused-ring (bicyclic) bond motifs is 1. The molecular formula is C19H14N4O4S. The van der Waals surface area contributed by atoms with Crippen LogP contribution in [0.15, 0.2) is 58.2 Å². The van der Waals surface area contributed by atoms with E-state index in [2.05, 4.69) is 15.5 Å². The van der Waals surface area contributed by atoms with E-state index in [-0.39, 0.29) is 29.4 Å². The lowest BCUT2D eigenvalue weighted by Crippen LogP contribution is -2.21. The normalized spacial score (nSPS) is 14.9. The van der Waals surface area contributed by atoms with Gasteiger partial charge in [-0.1, -0.05) is 36.0 Å². The molecule has 0 aliphatic carbocycles. The van der Waals surface area contributed by atoms with Gasteiger partial charge in [0.05, 0.1) is 17.0 Å². The van der Waals surface area contributed by atoms with Crippen molar-refractivity contribution in [2.75, 3.05) is 17.7 Å². The Morgan fingerprint density at radius 1 is 1.18 bits per heavy atom. The van der Waals surface area contributed by atoms with Gasteiger partial charge in [-0.05, 0) is 24.3 Å². The molecule has 0 saturated carbocycles. The van der Waals surface area contributed by atoms with Crippen LogP contribution in [0.2, 0.25) is 0 Å². The summed E-state index contributed by atoms with van der Waals surface area (Å²) in [6, 6.07) is 16.2. The quantitative estimate of drug-likeness (QED) is 0.657. The van der Waals surface area contributed by atoms with Crippen molar-refractivity contribution < 1.29 is 18.7 Å². The molecule has 0 saturated heterocycles. The second kappa shape index (κ2) is 8.02. The van der Waals surface area contributed by atoms with Crippen LogP contribution in [0.1, 0.15) is 17.6 Å². The molecule has 1 aliphatic heterocycles. The number of nitrogens with one attached hydrogen (secondary N) is 1. The Labute approximate surface area is 164 Å². The van der Waals surface area contributed by atoms with E-state index in [0.29, 0.717) is 22.7 Å². The SMILES string of the molecule is N#Cc1ccccc1NC(=O)CSc1nnc([C@@H]2COc3ccccc3O2)o1. The van der Waals surface area contributed by atoms with Gasteiger partial charge in [-0.25, -0.2) is 0 Å². The van der Waals surface area contributed by atoms with Crippen molar-refractivity contribution in [1.29, 1.82) is 5.26 Å². The second-order valence-corrected chi connectivity index (χ2v) is 6.69. The summed E-state index contributed by atoms with van der Waals surface area (Å²) < 4.78 is 17.0. The van der Waals surface area contributed by atoms with Gasteiger partial charge in [0.1, 0.15) is 12.7 Å². The minimum atomic E-state index is -0.506. The maximum Gasteiger partial charge on any atom is 0.277 e. The molecule has 4 rings (SSSR count). The molecule has 9 heteroatoms. The average molecular weight is 394 g/mol. The number of hydrogen-bond donors (Lipinski definition) is 1. The Hall–Kier alpha value is -3.51. The molecule has 0 unspecified atom stereocenters. The first-order valence-corrected chi connectivity index (χ1v) is 9.35. The van der Waals surface area contributed by atoms with Crippen LogP contribution in [0.5, 0.6) is 11.5 Å². The number of benzene rings is 2. The molecule has 1 aromatic heterocycles. The highest BCUT2D eigenvalue weighted by molar-refractivity contribution is 7.99. The van der Waals surface area contributed by atoms with Gasteiger partial charge in [-0.2, -0.15) is 5.26 Å². The number of nitriles is 1. The van der Waals surface area contributed by atoms with Gasteiger partial charge in [-0.3, -0.25) is 4.79 Å². The molecular weight excluding hydrogens is 380 g/mol. The molecule has 140 valence electrons. The minimum absolute atomic E-state index is 0.0618. The molecule has 0 radical (unpaired) electrons.